The highest BCUT2D eigenvalue weighted by Gasteiger charge is 2.33. The van der Waals surface area contributed by atoms with Crippen LogP contribution in [-0.2, 0) is 0 Å². The molecule has 3 rings (SSSR count). The summed E-state index contributed by atoms with van der Waals surface area (Å²) in [7, 11) is 0. The molecular formula is C13H15ClN4O3. The minimum Gasteiger partial charge on any atom is -0.336 e. The van der Waals surface area contributed by atoms with E-state index in [-0.39, 0.29) is 22.3 Å². The van der Waals surface area contributed by atoms with E-state index in [0.717, 1.165) is 19.3 Å². The highest BCUT2D eigenvalue weighted by Crippen LogP contribution is 2.28. The van der Waals surface area contributed by atoms with Gasteiger partial charge in [-0.3, -0.25) is 19.8 Å². The SMILES string of the molecule is O=C(c1cc(Cl)ncc1[N+](=O)[O-])N1CCN(C2CC2)CC1. The first-order valence-corrected chi connectivity index (χ1v) is 7.27. The Hall–Kier alpha value is -1.73. The summed E-state index contributed by atoms with van der Waals surface area (Å²) in [6.45, 7) is 2.82. The summed E-state index contributed by atoms with van der Waals surface area (Å²) in [5, 5.41) is 11.1. The molecule has 1 aliphatic carbocycles. The van der Waals surface area contributed by atoms with Crippen LogP contribution in [0.2, 0.25) is 5.15 Å². The minimum atomic E-state index is -0.600. The lowest BCUT2D eigenvalue weighted by Crippen LogP contribution is -2.49. The van der Waals surface area contributed by atoms with E-state index >= 15 is 0 Å². The summed E-state index contributed by atoms with van der Waals surface area (Å²) in [6.07, 6.45) is 3.51. The van der Waals surface area contributed by atoms with E-state index in [4.69, 9.17) is 11.6 Å². The summed E-state index contributed by atoms with van der Waals surface area (Å²) < 4.78 is 0. The maximum Gasteiger partial charge on any atom is 0.300 e. The summed E-state index contributed by atoms with van der Waals surface area (Å²) in [5.74, 6) is -0.346. The average molecular weight is 311 g/mol. The number of rotatable bonds is 3. The van der Waals surface area contributed by atoms with E-state index in [9.17, 15) is 14.9 Å². The Labute approximate surface area is 126 Å². The number of piperazine rings is 1. The minimum absolute atomic E-state index is 0.0138. The molecule has 0 bridgehead atoms. The van der Waals surface area contributed by atoms with Gasteiger partial charge in [0, 0.05) is 32.2 Å². The number of amides is 1. The molecule has 0 N–H and O–H groups in total. The number of hydrogen-bond donors (Lipinski definition) is 0. The Morgan fingerprint density at radius 1 is 1.33 bits per heavy atom. The predicted molar refractivity (Wildman–Crippen MR) is 76.4 cm³/mol. The predicted octanol–water partition coefficient (Wildman–Crippen LogP) is 1.56. The average Bonchev–Trinajstić information content (AvgIpc) is 3.31. The molecule has 2 aliphatic rings. The number of carbonyl (C=O) groups is 1. The van der Waals surface area contributed by atoms with Gasteiger partial charge in [-0.2, -0.15) is 0 Å². The Balaban J connectivity index is 1.76. The second-order valence-electron chi connectivity index (χ2n) is 5.34. The van der Waals surface area contributed by atoms with Crippen molar-refractivity contribution in [2.45, 2.75) is 18.9 Å². The first kappa shape index (κ1) is 14.2. The monoisotopic (exact) mass is 310 g/mol. The summed E-state index contributed by atoms with van der Waals surface area (Å²) >= 11 is 5.76. The van der Waals surface area contributed by atoms with Gasteiger partial charge >= 0.3 is 0 Å². The topological polar surface area (TPSA) is 79.6 Å². The molecule has 0 radical (unpaired) electrons. The molecule has 21 heavy (non-hydrogen) atoms. The maximum absolute atomic E-state index is 12.5. The van der Waals surface area contributed by atoms with Crippen molar-refractivity contribution in [1.29, 1.82) is 0 Å². The van der Waals surface area contributed by atoms with Gasteiger partial charge in [0.2, 0.25) is 0 Å². The van der Waals surface area contributed by atoms with Crippen LogP contribution in [0.5, 0.6) is 0 Å². The fraction of sp³-hybridized carbons (Fsp3) is 0.538. The van der Waals surface area contributed by atoms with Crippen molar-refractivity contribution in [2.75, 3.05) is 26.2 Å². The fourth-order valence-corrected chi connectivity index (χ4v) is 2.80. The van der Waals surface area contributed by atoms with Crippen LogP contribution in [0, 0.1) is 10.1 Å². The number of nitro groups is 1. The lowest BCUT2D eigenvalue weighted by atomic mass is 10.2. The van der Waals surface area contributed by atoms with Gasteiger partial charge < -0.3 is 4.90 Å². The van der Waals surface area contributed by atoms with Crippen molar-refractivity contribution >= 4 is 23.2 Å². The first-order valence-electron chi connectivity index (χ1n) is 6.89. The van der Waals surface area contributed by atoms with Gasteiger partial charge in [0.1, 0.15) is 16.9 Å². The van der Waals surface area contributed by atoms with Crippen LogP contribution in [0.1, 0.15) is 23.2 Å². The van der Waals surface area contributed by atoms with Crippen LogP contribution in [-0.4, -0.2) is 57.8 Å². The smallest absolute Gasteiger partial charge is 0.300 e. The molecule has 0 aromatic carbocycles. The molecular weight excluding hydrogens is 296 g/mol. The van der Waals surface area contributed by atoms with Gasteiger partial charge in [-0.05, 0) is 18.9 Å². The third-order valence-electron chi connectivity index (χ3n) is 3.94. The third kappa shape index (κ3) is 2.98. The van der Waals surface area contributed by atoms with Gasteiger partial charge in [0.15, 0.2) is 0 Å². The Bertz CT molecular complexity index is 583. The fourth-order valence-electron chi connectivity index (χ4n) is 2.64. The largest absolute Gasteiger partial charge is 0.336 e. The Kier molecular flexibility index (Phi) is 3.77. The molecule has 0 spiro atoms. The highest BCUT2D eigenvalue weighted by atomic mass is 35.5. The number of aromatic nitrogens is 1. The lowest BCUT2D eigenvalue weighted by Gasteiger charge is -2.34. The standard InChI is InChI=1S/C13H15ClN4O3/c14-12-7-10(11(8-15-12)18(20)21)13(19)17-5-3-16(4-6-17)9-1-2-9/h7-9H,1-6H2. The molecule has 1 aliphatic heterocycles. The third-order valence-corrected chi connectivity index (χ3v) is 4.15. The van der Waals surface area contributed by atoms with Crippen LogP contribution in [0.15, 0.2) is 12.3 Å². The molecule has 1 saturated heterocycles. The number of pyridine rings is 1. The van der Waals surface area contributed by atoms with E-state index < -0.39 is 4.92 Å². The zero-order valence-electron chi connectivity index (χ0n) is 11.4. The summed E-state index contributed by atoms with van der Waals surface area (Å²) in [6, 6.07) is 1.95. The van der Waals surface area contributed by atoms with Gasteiger partial charge in [-0.1, -0.05) is 11.6 Å². The number of nitrogens with zero attached hydrogens (tertiary/aromatic N) is 4. The van der Waals surface area contributed by atoms with Crippen molar-refractivity contribution in [3.05, 3.63) is 33.1 Å². The lowest BCUT2D eigenvalue weighted by molar-refractivity contribution is -0.385. The van der Waals surface area contributed by atoms with Crippen molar-refractivity contribution in [2.24, 2.45) is 0 Å². The molecule has 0 unspecified atom stereocenters. The van der Waals surface area contributed by atoms with Gasteiger partial charge in [0.25, 0.3) is 11.6 Å². The molecule has 2 heterocycles. The zero-order valence-corrected chi connectivity index (χ0v) is 12.1. The van der Waals surface area contributed by atoms with Crippen molar-refractivity contribution in [3.8, 4) is 0 Å². The Morgan fingerprint density at radius 2 is 2.00 bits per heavy atom. The van der Waals surface area contributed by atoms with Crippen LogP contribution < -0.4 is 0 Å². The molecule has 8 heteroatoms. The van der Waals surface area contributed by atoms with Crippen LogP contribution in [0.25, 0.3) is 0 Å². The molecule has 1 aromatic rings. The Morgan fingerprint density at radius 3 is 2.57 bits per heavy atom. The molecule has 112 valence electrons. The maximum atomic E-state index is 12.5. The summed E-state index contributed by atoms with van der Waals surface area (Å²) in [5.41, 5.74) is -0.283. The van der Waals surface area contributed by atoms with Gasteiger partial charge in [-0.25, -0.2) is 4.98 Å². The highest BCUT2D eigenvalue weighted by molar-refractivity contribution is 6.29. The van der Waals surface area contributed by atoms with Crippen LogP contribution in [0.3, 0.4) is 0 Å². The van der Waals surface area contributed by atoms with Crippen molar-refractivity contribution in [1.82, 2.24) is 14.8 Å². The molecule has 2 fully saturated rings. The van der Waals surface area contributed by atoms with E-state index in [1.54, 1.807) is 4.90 Å². The van der Waals surface area contributed by atoms with E-state index in [1.807, 2.05) is 0 Å². The number of carbonyl (C=O) groups excluding carboxylic acids is 1. The second-order valence-corrected chi connectivity index (χ2v) is 5.73. The quantitative estimate of drug-likeness (QED) is 0.481. The number of halogens is 1. The molecule has 7 nitrogen and oxygen atoms in total. The second kappa shape index (κ2) is 5.57. The molecule has 0 atom stereocenters. The van der Waals surface area contributed by atoms with E-state index in [0.29, 0.717) is 19.1 Å². The van der Waals surface area contributed by atoms with Crippen molar-refractivity contribution in [3.63, 3.8) is 0 Å². The van der Waals surface area contributed by atoms with E-state index in [1.165, 1.54) is 18.9 Å². The summed E-state index contributed by atoms with van der Waals surface area (Å²) in [4.78, 5) is 30.6. The number of hydrogen-bond acceptors (Lipinski definition) is 5. The first-order chi connectivity index (χ1) is 10.1. The normalized spacial score (nSPS) is 19.6. The van der Waals surface area contributed by atoms with Crippen molar-refractivity contribution < 1.29 is 9.72 Å². The van der Waals surface area contributed by atoms with Crippen LogP contribution >= 0.6 is 11.6 Å². The molecule has 1 saturated carbocycles. The van der Waals surface area contributed by atoms with Gasteiger partial charge in [0.05, 0.1) is 4.92 Å². The van der Waals surface area contributed by atoms with Crippen LogP contribution in [0.4, 0.5) is 5.69 Å². The van der Waals surface area contributed by atoms with Gasteiger partial charge in [-0.15, -0.1) is 0 Å². The van der Waals surface area contributed by atoms with E-state index in [2.05, 4.69) is 9.88 Å². The molecule has 1 aromatic heterocycles. The zero-order chi connectivity index (χ0) is 15.0. The molecule has 1 amide bonds.